The molecule has 1 N–H and O–H groups in total. The number of rotatable bonds is 3. The third-order valence-electron chi connectivity index (χ3n) is 4.68. The number of ether oxygens (including phenoxy) is 1. The van der Waals surface area contributed by atoms with Crippen molar-refractivity contribution in [1.29, 1.82) is 0 Å². The molecule has 0 aromatic rings. The third-order valence-corrected chi connectivity index (χ3v) is 4.68. The van der Waals surface area contributed by atoms with Crippen LogP contribution >= 0.6 is 0 Å². The van der Waals surface area contributed by atoms with Crippen molar-refractivity contribution in [2.75, 3.05) is 20.3 Å². The van der Waals surface area contributed by atoms with E-state index in [-0.39, 0.29) is 0 Å². The molecular formula is C14H27NO. The van der Waals surface area contributed by atoms with Gasteiger partial charge in [0.05, 0.1) is 0 Å². The molecule has 0 spiro atoms. The molecule has 1 unspecified atom stereocenters. The monoisotopic (exact) mass is 225 g/mol. The van der Waals surface area contributed by atoms with E-state index in [1.165, 1.54) is 38.5 Å². The average Bonchev–Trinajstić information content (AvgIpc) is 2.34. The molecule has 1 saturated heterocycles. The Morgan fingerprint density at radius 1 is 0.938 bits per heavy atom. The molecule has 2 heteroatoms. The van der Waals surface area contributed by atoms with Gasteiger partial charge < -0.3 is 10.1 Å². The molecule has 16 heavy (non-hydrogen) atoms. The maximum absolute atomic E-state index is 5.47. The summed E-state index contributed by atoms with van der Waals surface area (Å²) in [5.74, 6) is 2.74. The van der Waals surface area contributed by atoms with Crippen molar-refractivity contribution in [2.45, 2.75) is 51.5 Å². The van der Waals surface area contributed by atoms with Crippen molar-refractivity contribution in [3.63, 3.8) is 0 Å². The van der Waals surface area contributed by atoms with Crippen molar-refractivity contribution in [3.8, 4) is 0 Å². The first kappa shape index (κ1) is 12.4. The smallest absolute Gasteiger partial charge is 0.0469 e. The first-order chi connectivity index (χ1) is 7.81. The van der Waals surface area contributed by atoms with Gasteiger partial charge in [-0.15, -0.1) is 0 Å². The molecule has 1 aliphatic heterocycles. The predicted octanol–water partition coefficient (Wildman–Crippen LogP) is 2.83. The molecule has 2 fully saturated rings. The van der Waals surface area contributed by atoms with Crippen LogP contribution < -0.4 is 5.32 Å². The molecule has 1 saturated carbocycles. The molecule has 1 aliphatic carbocycles. The highest BCUT2D eigenvalue weighted by molar-refractivity contribution is 4.86. The highest BCUT2D eigenvalue weighted by Gasteiger charge is 2.31. The van der Waals surface area contributed by atoms with Crippen molar-refractivity contribution in [1.82, 2.24) is 5.32 Å². The quantitative estimate of drug-likeness (QED) is 0.797. The second kappa shape index (κ2) is 6.02. The first-order valence-electron chi connectivity index (χ1n) is 7.06. The molecule has 2 aliphatic rings. The van der Waals surface area contributed by atoms with Gasteiger partial charge in [0.2, 0.25) is 0 Å². The molecule has 0 bridgehead atoms. The maximum Gasteiger partial charge on any atom is 0.0469 e. The van der Waals surface area contributed by atoms with Crippen LogP contribution in [-0.2, 0) is 4.74 Å². The maximum atomic E-state index is 5.47. The lowest BCUT2D eigenvalue weighted by atomic mass is 9.74. The Balaban J connectivity index is 1.88. The lowest BCUT2D eigenvalue weighted by Gasteiger charge is -2.38. The first-order valence-corrected chi connectivity index (χ1v) is 7.06. The van der Waals surface area contributed by atoms with Crippen molar-refractivity contribution in [2.24, 2.45) is 17.8 Å². The largest absolute Gasteiger partial charge is 0.381 e. The summed E-state index contributed by atoms with van der Waals surface area (Å²) < 4.78 is 5.47. The van der Waals surface area contributed by atoms with Gasteiger partial charge in [0.15, 0.2) is 0 Å². The lowest BCUT2D eigenvalue weighted by Crippen LogP contribution is -2.43. The molecular weight excluding hydrogens is 198 g/mol. The van der Waals surface area contributed by atoms with Crippen LogP contribution in [-0.4, -0.2) is 26.3 Å². The summed E-state index contributed by atoms with van der Waals surface area (Å²) in [5, 5.41) is 3.60. The second-order valence-electron chi connectivity index (χ2n) is 5.78. The summed E-state index contributed by atoms with van der Waals surface area (Å²) in [7, 11) is 2.15. The van der Waals surface area contributed by atoms with E-state index in [4.69, 9.17) is 4.74 Å². The summed E-state index contributed by atoms with van der Waals surface area (Å²) >= 11 is 0. The van der Waals surface area contributed by atoms with Gasteiger partial charge in [0, 0.05) is 19.3 Å². The van der Waals surface area contributed by atoms with E-state index in [2.05, 4.69) is 19.3 Å². The van der Waals surface area contributed by atoms with Gasteiger partial charge in [0.1, 0.15) is 0 Å². The molecule has 0 amide bonds. The van der Waals surface area contributed by atoms with Crippen LogP contribution in [0, 0.1) is 17.8 Å². The number of hydrogen-bond acceptors (Lipinski definition) is 2. The highest BCUT2D eigenvalue weighted by atomic mass is 16.5. The summed E-state index contributed by atoms with van der Waals surface area (Å²) in [5.41, 5.74) is 0. The molecule has 0 radical (unpaired) electrons. The van der Waals surface area contributed by atoms with Crippen LogP contribution in [0.15, 0.2) is 0 Å². The van der Waals surface area contributed by atoms with Crippen LogP contribution in [0.4, 0.5) is 0 Å². The second-order valence-corrected chi connectivity index (χ2v) is 5.78. The normalized spacial score (nSPS) is 34.9. The van der Waals surface area contributed by atoms with Crippen molar-refractivity contribution in [3.05, 3.63) is 0 Å². The van der Waals surface area contributed by atoms with Crippen LogP contribution in [0.25, 0.3) is 0 Å². The molecule has 0 aromatic heterocycles. The Kier molecular flexibility index (Phi) is 4.66. The minimum absolute atomic E-state index is 0.747. The minimum Gasteiger partial charge on any atom is -0.381 e. The van der Waals surface area contributed by atoms with Gasteiger partial charge in [0.25, 0.3) is 0 Å². The van der Waals surface area contributed by atoms with E-state index in [9.17, 15) is 0 Å². The topological polar surface area (TPSA) is 21.3 Å². The van der Waals surface area contributed by atoms with Crippen LogP contribution in [0.5, 0.6) is 0 Å². The summed E-state index contributed by atoms with van der Waals surface area (Å²) in [4.78, 5) is 0. The predicted molar refractivity (Wildman–Crippen MR) is 67.5 cm³/mol. The summed E-state index contributed by atoms with van der Waals surface area (Å²) in [6.45, 7) is 4.36. The Morgan fingerprint density at radius 3 is 2.06 bits per heavy atom. The Bertz CT molecular complexity index is 193. The van der Waals surface area contributed by atoms with E-state index in [1.54, 1.807) is 0 Å². The average molecular weight is 225 g/mol. The molecule has 1 heterocycles. The molecule has 2 rings (SSSR count). The van der Waals surface area contributed by atoms with Gasteiger partial charge in [-0.3, -0.25) is 0 Å². The zero-order chi connectivity index (χ0) is 11.4. The van der Waals surface area contributed by atoms with E-state index in [0.717, 1.165) is 37.0 Å². The Hall–Kier alpha value is -0.0800. The zero-order valence-electron chi connectivity index (χ0n) is 10.9. The Morgan fingerprint density at radius 2 is 1.50 bits per heavy atom. The fourth-order valence-electron chi connectivity index (χ4n) is 3.58. The molecule has 94 valence electrons. The van der Waals surface area contributed by atoms with Gasteiger partial charge in [-0.05, 0) is 50.5 Å². The van der Waals surface area contributed by atoms with E-state index in [0.29, 0.717) is 0 Å². The standard InChI is InChI=1S/C14H27NO/c1-11-3-5-12(6-4-11)14(15-2)13-7-9-16-10-8-13/h11-15H,3-10H2,1-2H3. The molecule has 0 aromatic carbocycles. The van der Waals surface area contributed by atoms with Gasteiger partial charge in [-0.2, -0.15) is 0 Å². The fraction of sp³-hybridized carbons (Fsp3) is 1.00. The lowest BCUT2D eigenvalue weighted by molar-refractivity contribution is 0.0403. The van der Waals surface area contributed by atoms with Gasteiger partial charge >= 0.3 is 0 Å². The van der Waals surface area contributed by atoms with Gasteiger partial charge in [-0.25, -0.2) is 0 Å². The summed E-state index contributed by atoms with van der Waals surface area (Å²) in [6, 6.07) is 0.747. The number of nitrogens with one attached hydrogen (secondary N) is 1. The molecule has 2 nitrogen and oxygen atoms in total. The van der Waals surface area contributed by atoms with E-state index in [1.807, 2.05) is 0 Å². The zero-order valence-corrected chi connectivity index (χ0v) is 10.9. The third kappa shape index (κ3) is 2.98. The Labute approximate surface area is 100 Å². The van der Waals surface area contributed by atoms with E-state index < -0.39 is 0 Å². The summed E-state index contributed by atoms with van der Waals surface area (Å²) in [6.07, 6.45) is 8.27. The van der Waals surface area contributed by atoms with Crippen molar-refractivity contribution >= 4 is 0 Å². The minimum atomic E-state index is 0.747. The van der Waals surface area contributed by atoms with Crippen LogP contribution in [0.1, 0.15) is 45.4 Å². The van der Waals surface area contributed by atoms with E-state index >= 15 is 0 Å². The van der Waals surface area contributed by atoms with Crippen LogP contribution in [0.3, 0.4) is 0 Å². The fourth-order valence-corrected chi connectivity index (χ4v) is 3.58. The van der Waals surface area contributed by atoms with Crippen molar-refractivity contribution < 1.29 is 4.74 Å². The highest BCUT2D eigenvalue weighted by Crippen LogP contribution is 2.35. The van der Waals surface area contributed by atoms with Crippen LogP contribution in [0.2, 0.25) is 0 Å². The number of hydrogen-bond donors (Lipinski definition) is 1. The van der Waals surface area contributed by atoms with Gasteiger partial charge in [-0.1, -0.05) is 19.8 Å². The molecule has 1 atom stereocenters. The SMILES string of the molecule is CNC(C1CCOCC1)C1CCC(C)CC1.